The summed E-state index contributed by atoms with van der Waals surface area (Å²) in [4.78, 5) is 16.9. The molecule has 2 heterocycles. The van der Waals surface area contributed by atoms with Crippen LogP contribution in [0.2, 0.25) is 0 Å². The Morgan fingerprint density at radius 1 is 1.14 bits per heavy atom. The van der Waals surface area contributed by atoms with E-state index in [-0.39, 0.29) is 10.7 Å². The summed E-state index contributed by atoms with van der Waals surface area (Å²) >= 11 is 0. The molecule has 0 saturated carbocycles. The van der Waals surface area contributed by atoms with Gasteiger partial charge in [0.05, 0.1) is 11.4 Å². The van der Waals surface area contributed by atoms with Crippen molar-refractivity contribution in [2.45, 2.75) is 4.90 Å². The number of nitrogens with one attached hydrogen (secondary N) is 1. The molecule has 0 spiro atoms. The maximum atomic E-state index is 12.2. The van der Waals surface area contributed by atoms with Gasteiger partial charge in [-0.25, -0.2) is 18.2 Å². The second kappa shape index (κ2) is 5.64. The van der Waals surface area contributed by atoms with E-state index in [9.17, 15) is 13.2 Å². The van der Waals surface area contributed by atoms with Crippen LogP contribution in [-0.4, -0.2) is 32.6 Å². The quantitative estimate of drug-likeness (QED) is 0.929. The first-order chi connectivity index (χ1) is 10.6. The lowest BCUT2D eigenvalue weighted by Gasteiger charge is -2.13. The van der Waals surface area contributed by atoms with Crippen LogP contribution in [0.4, 0.5) is 16.3 Å². The molecule has 0 bridgehead atoms. The van der Waals surface area contributed by atoms with Crippen LogP contribution in [-0.2, 0) is 14.8 Å². The van der Waals surface area contributed by atoms with E-state index in [1.165, 1.54) is 23.2 Å². The molecule has 0 atom stereocenters. The number of pyridine rings is 1. The van der Waals surface area contributed by atoms with Crippen molar-refractivity contribution < 1.29 is 17.9 Å². The standard InChI is InChI=1S/C14H13N3O4S/c18-14-17(9-10-21-14)11-4-6-12(7-5-11)22(19,20)16-13-3-1-2-8-15-13/h1-8H,9-10H2,(H,15,16). The van der Waals surface area contributed by atoms with Gasteiger partial charge in [0.2, 0.25) is 0 Å². The first-order valence-corrected chi connectivity index (χ1v) is 8.03. The van der Waals surface area contributed by atoms with Crippen LogP contribution in [0.15, 0.2) is 53.6 Å². The number of rotatable bonds is 4. The lowest BCUT2D eigenvalue weighted by molar-refractivity contribution is 0.181. The van der Waals surface area contributed by atoms with Crippen LogP contribution in [0.1, 0.15) is 0 Å². The lowest BCUT2D eigenvalue weighted by Crippen LogP contribution is -2.23. The molecular formula is C14H13N3O4S. The largest absolute Gasteiger partial charge is 0.447 e. The second-order valence-corrected chi connectivity index (χ2v) is 6.26. The number of benzene rings is 1. The van der Waals surface area contributed by atoms with Gasteiger partial charge in [-0.05, 0) is 36.4 Å². The highest BCUT2D eigenvalue weighted by atomic mass is 32.2. The van der Waals surface area contributed by atoms with E-state index >= 15 is 0 Å². The number of cyclic esters (lactones) is 1. The third-order valence-corrected chi connectivity index (χ3v) is 4.49. The van der Waals surface area contributed by atoms with E-state index in [0.717, 1.165) is 0 Å². The predicted octanol–water partition coefficient (Wildman–Crippen LogP) is 1.84. The third kappa shape index (κ3) is 2.86. The van der Waals surface area contributed by atoms with Gasteiger partial charge in [-0.1, -0.05) is 6.07 Å². The second-order valence-electron chi connectivity index (χ2n) is 4.58. The van der Waals surface area contributed by atoms with E-state index in [1.807, 2.05) is 0 Å². The van der Waals surface area contributed by atoms with Gasteiger partial charge in [0.15, 0.2) is 0 Å². The molecule has 22 heavy (non-hydrogen) atoms. The highest BCUT2D eigenvalue weighted by Crippen LogP contribution is 2.22. The molecule has 1 saturated heterocycles. The zero-order valence-corrected chi connectivity index (χ0v) is 12.3. The summed E-state index contributed by atoms with van der Waals surface area (Å²) in [5, 5.41) is 0. The number of ether oxygens (including phenoxy) is 1. The first-order valence-electron chi connectivity index (χ1n) is 6.54. The fourth-order valence-electron chi connectivity index (χ4n) is 2.05. The summed E-state index contributed by atoms with van der Waals surface area (Å²) < 4.78 is 31.7. The van der Waals surface area contributed by atoms with E-state index in [4.69, 9.17) is 4.74 Å². The first kappa shape index (κ1) is 14.3. The molecule has 3 rings (SSSR count). The Labute approximate surface area is 127 Å². The average molecular weight is 319 g/mol. The van der Waals surface area contributed by atoms with Crippen molar-refractivity contribution in [3.05, 3.63) is 48.7 Å². The van der Waals surface area contributed by atoms with Gasteiger partial charge in [-0.15, -0.1) is 0 Å². The number of carbonyl (C=O) groups excluding carboxylic acids is 1. The highest BCUT2D eigenvalue weighted by Gasteiger charge is 2.24. The maximum Gasteiger partial charge on any atom is 0.414 e. The lowest BCUT2D eigenvalue weighted by atomic mass is 10.3. The van der Waals surface area contributed by atoms with Gasteiger partial charge in [0.1, 0.15) is 12.4 Å². The topological polar surface area (TPSA) is 88.6 Å². The Morgan fingerprint density at radius 3 is 2.50 bits per heavy atom. The monoisotopic (exact) mass is 319 g/mol. The molecule has 1 fully saturated rings. The number of hydrogen-bond acceptors (Lipinski definition) is 5. The Bertz CT molecular complexity index is 775. The summed E-state index contributed by atoms with van der Waals surface area (Å²) in [6.07, 6.45) is 1.07. The molecule has 114 valence electrons. The van der Waals surface area contributed by atoms with Crippen LogP contribution < -0.4 is 9.62 Å². The van der Waals surface area contributed by atoms with Crippen LogP contribution in [0, 0.1) is 0 Å². The Kier molecular flexibility index (Phi) is 3.68. The SMILES string of the molecule is O=C1OCCN1c1ccc(S(=O)(=O)Nc2ccccn2)cc1. The van der Waals surface area contributed by atoms with Crippen LogP contribution >= 0.6 is 0 Å². The van der Waals surface area contributed by atoms with Gasteiger partial charge in [0, 0.05) is 11.9 Å². The van der Waals surface area contributed by atoms with Gasteiger partial charge in [0.25, 0.3) is 10.0 Å². The Morgan fingerprint density at radius 2 is 1.91 bits per heavy atom. The van der Waals surface area contributed by atoms with Crippen molar-refractivity contribution in [3.8, 4) is 0 Å². The molecule has 0 aliphatic carbocycles. The normalized spacial score (nSPS) is 14.7. The molecule has 0 radical (unpaired) electrons. The zero-order valence-electron chi connectivity index (χ0n) is 11.5. The number of sulfonamides is 1. The summed E-state index contributed by atoms with van der Waals surface area (Å²) in [5.74, 6) is 0.245. The summed E-state index contributed by atoms with van der Waals surface area (Å²) in [7, 11) is -3.71. The fourth-order valence-corrected chi connectivity index (χ4v) is 3.06. The molecule has 1 N–H and O–H groups in total. The predicted molar refractivity (Wildman–Crippen MR) is 80.2 cm³/mol. The molecule has 1 aliphatic rings. The highest BCUT2D eigenvalue weighted by molar-refractivity contribution is 7.92. The minimum absolute atomic E-state index is 0.0921. The number of hydrogen-bond donors (Lipinski definition) is 1. The molecular weight excluding hydrogens is 306 g/mol. The summed E-state index contributed by atoms with van der Waals surface area (Å²) in [6, 6.07) is 11.0. The fraction of sp³-hybridized carbons (Fsp3) is 0.143. The number of aromatic nitrogens is 1. The van der Waals surface area contributed by atoms with Crippen molar-refractivity contribution >= 4 is 27.6 Å². The van der Waals surface area contributed by atoms with E-state index in [2.05, 4.69) is 9.71 Å². The molecule has 8 heteroatoms. The smallest absolute Gasteiger partial charge is 0.414 e. The van der Waals surface area contributed by atoms with Crippen molar-refractivity contribution in [3.63, 3.8) is 0 Å². The summed E-state index contributed by atoms with van der Waals surface area (Å²) in [6.45, 7) is 0.789. The van der Waals surface area contributed by atoms with Gasteiger partial charge in [-0.3, -0.25) is 9.62 Å². The Hall–Kier alpha value is -2.61. The van der Waals surface area contributed by atoms with Crippen LogP contribution in [0.25, 0.3) is 0 Å². The van der Waals surface area contributed by atoms with E-state index in [0.29, 0.717) is 18.8 Å². The minimum atomic E-state index is -3.71. The zero-order chi connectivity index (χ0) is 15.6. The van der Waals surface area contributed by atoms with Crippen molar-refractivity contribution in [2.75, 3.05) is 22.8 Å². The molecule has 7 nitrogen and oxygen atoms in total. The maximum absolute atomic E-state index is 12.2. The molecule has 1 aliphatic heterocycles. The summed E-state index contributed by atoms with van der Waals surface area (Å²) in [5.41, 5.74) is 0.597. The number of amides is 1. The van der Waals surface area contributed by atoms with Crippen molar-refractivity contribution in [2.24, 2.45) is 0 Å². The minimum Gasteiger partial charge on any atom is -0.447 e. The van der Waals surface area contributed by atoms with E-state index < -0.39 is 16.1 Å². The van der Waals surface area contributed by atoms with Crippen molar-refractivity contribution in [1.29, 1.82) is 0 Å². The van der Waals surface area contributed by atoms with E-state index in [1.54, 1.807) is 30.3 Å². The van der Waals surface area contributed by atoms with Gasteiger partial charge >= 0.3 is 6.09 Å². The third-order valence-electron chi connectivity index (χ3n) is 3.12. The average Bonchev–Trinajstić information content (AvgIpc) is 2.94. The van der Waals surface area contributed by atoms with Crippen LogP contribution in [0.3, 0.4) is 0 Å². The number of nitrogens with zero attached hydrogens (tertiary/aromatic N) is 2. The number of anilines is 2. The van der Waals surface area contributed by atoms with Gasteiger partial charge < -0.3 is 4.74 Å². The van der Waals surface area contributed by atoms with Gasteiger partial charge in [-0.2, -0.15) is 0 Å². The molecule has 0 unspecified atom stereocenters. The number of carbonyl (C=O) groups is 1. The Balaban J connectivity index is 1.81. The molecule has 1 aromatic carbocycles. The molecule has 1 aromatic heterocycles. The molecule has 2 aromatic rings. The molecule has 1 amide bonds. The van der Waals surface area contributed by atoms with Crippen LogP contribution in [0.5, 0.6) is 0 Å². The van der Waals surface area contributed by atoms with Crippen molar-refractivity contribution in [1.82, 2.24) is 4.98 Å².